The Morgan fingerprint density at radius 1 is 1.14 bits per heavy atom. The Morgan fingerprint density at radius 2 is 1.86 bits per heavy atom. The summed E-state index contributed by atoms with van der Waals surface area (Å²) in [4.78, 5) is 8.52. The SMILES string of the molecule is CCN(CC)c1ccc(C=NC[C@H](c2ccccc2OC)[NH+]2CCCC2)c(O)c1. The molecule has 0 amide bonds. The number of phenolic OH excluding ortho intramolecular Hbond substituents is 1. The summed E-state index contributed by atoms with van der Waals surface area (Å²) in [6, 6.07) is 14.4. The lowest BCUT2D eigenvalue weighted by Crippen LogP contribution is -3.10. The van der Waals surface area contributed by atoms with E-state index in [-0.39, 0.29) is 11.8 Å². The van der Waals surface area contributed by atoms with Crippen molar-refractivity contribution in [3.63, 3.8) is 0 Å². The van der Waals surface area contributed by atoms with Crippen LogP contribution in [0.3, 0.4) is 0 Å². The maximum Gasteiger partial charge on any atom is 0.136 e. The quantitative estimate of drug-likeness (QED) is 0.641. The number of phenols is 1. The number of nitrogens with one attached hydrogen (secondary N) is 1. The molecular formula is C24H34N3O2+. The first-order chi connectivity index (χ1) is 14.2. The Labute approximate surface area is 174 Å². The first-order valence-electron chi connectivity index (χ1n) is 10.7. The molecule has 156 valence electrons. The van der Waals surface area contributed by atoms with Gasteiger partial charge in [0.2, 0.25) is 0 Å². The van der Waals surface area contributed by atoms with Crippen molar-refractivity contribution in [1.82, 2.24) is 0 Å². The molecule has 0 aliphatic carbocycles. The van der Waals surface area contributed by atoms with E-state index in [1.165, 1.54) is 31.5 Å². The predicted molar refractivity (Wildman–Crippen MR) is 120 cm³/mol. The zero-order chi connectivity index (χ0) is 20.6. The fourth-order valence-electron chi connectivity index (χ4n) is 4.26. The molecule has 1 aliphatic heterocycles. The van der Waals surface area contributed by atoms with Crippen molar-refractivity contribution in [2.45, 2.75) is 32.7 Å². The van der Waals surface area contributed by atoms with E-state index in [0.29, 0.717) is 6.54 Å². The normalized spacial score (nSPS) is 15.7. The van der Waals surface area contributed by atoms with E-state index < -0.39 is 0 Å². The number of hydrogen-bond donors (Lipinski definition) is 2. The topological polar surface area (TPSA) is 49.5 Å². The van der Waals surface area contributed by atoms with Gasteiger partial charge < -0.3 is 19.6 Å². The number of para-hydroxylation sites is 1. The highest BCUT2D eigenvalue weighted by molar-refractivity contribution is 5.84. The molecule has 2 N–H and O–H groups in total. The minimum Gasteiger partial charge on any atom is -0.507 e. The monoisotopic (exact) mass is 396 g/mol. The Bertz CT molecular complexity index is 812. The highest BCUT2D eigenvalue weighted by Gasteiger charge is 2.29. The molecule has 2 aromatic rings. The average molecular weight is 397 g/mol. The predicted octanol–water partition coefficient (Wildman–Crippen LogP) is 3.09. The van der Waals surface area contributed by atoms with Crippen molar-refractivity contribution < 1.29 is 14.7 Å². The Hall–Kier alpha value is -2.53. The number of nitrogens with zero attached hydrogens (tertiary/aromatic N) is 2. The van der Waals surface area contributed by atoms with Crippen molar-refractivity contribution >= 4 is 11.9 Å². The van der Waals surface area contributed by atoms with Crippen LogP contribution in [-0.4, -0.2) is 51.2 Å². The first-order valence-corrected chi connectivity index (χ1v) is 10.7. The van der Waals surface area contributed by atoms with E-state index in [2.05, 4.69) is 36.9 Å². The Kier molecular flexibility index (Phi) is 7.53. The summed E-state index contributed by atoms with van der Waals surface area (Å²) in [6.45, 7) is 9.09. The molecule has 1 heterocycles. The summed E-state index contributed by atoms with van der Waals surface area (Å²) >= 11 is 0. The smallest absolute Gasteiger partial charge is 0.136 e. The van der Waals surface area contributed by atoms with Gasteiger partial charge in [0.25, 0.3) is 0 Å². The first kappa shape index (κ1) is 21.2. The molecule has 5 nitrogen and oxygen atoms in total. The summed E-state index contributed by atoms with van der Waals surface area (Å²) in [7, 11) is 1.73. The molecule has 1 aliphatic rings. The van der Waals surface area contributed by atoms with Gasteiger partial charge in [0.1, 0.15) is 17.5 Å². The second kappa shape index (κ2) is 10.3. The lowest BCUT2D eigenvalue weighted by molar-refractivity contribution is -0.918. The third-order valence-electron chi connectivity index (χ3n) is 5.91. The molecule has 29 heavy (non-hydrogen) atoms. The number of quaternary nitrogens is 1. The molecule has 5 heteroatoms. The van der Waals surface area contributed by atoms with Crippen LogP contribution in [0.25, 0.3) is 0 Å². The third kappa shape index (κ3) is 5.10. The van der Waals surface area contributed by atoms with Crippen LogP contribution in [0.5, 0.6) is 11.5 Å². The van der Waals surface area contributed by atoms with Gasteiger partial charge in [-0.05, 0) is 38.1 Å². The van der Waals surface area contributed by atoms with Gasteiger partial charge in [-0.25, -0.2) is 0 Å². The second-order valence-corrected chi connectivity index (χ2v) is 7.57. The molecule has 0 spiro atoms. The van der Waals surface area contributed by atoms with Gasteiger partial charge in [-0.2, -0.15) is 0 Å². The van der Waals surface area contributed by atoms with Crippen LogP contribution >= 0.6 is 0 Å². The molecule has 3 rings (SSSR count). The van der Waals surface area contributed by atoms with Crippen LogP contribution in [0.4, 0.5) is 5.69 Å². The van der Waals surface area contributed by atoms with Crippen LogP contribution in [0.15, 0.2) is 47.5 Å². The molecule has 0 saturated carbocycles. The number of anilines is 1. The van der Waals surface area contributed by atoms with Crippen LogP contribution in [0.1, 0.15) is 43.9 Å². The number of benzene rings is 2. The largest absolute Gasteiger partial charge is 0.507 e. The molecule has 0 radical (unpaired) electrons. The lowest BCUT2D eigenvalue weighted by atomic mass is 10.0. The molecule has 0 aromatic heterocycles. The Morgan fingerprint density at radius 3 is 2.52 bits per heavy atom. The fourth-order valence-corrected chi connectivity index (χ4v) is 4.26. The van der Waals surface area contributed by atoms with E-state index in [9.17, 15) is 5.11 Å². The average Bonchev–Trinajstić information content (AvgIpc) is 3.28. The molecule has 0 bridgehead atoms. The Balaban J connectivity index is 1.78. The van der Waals surface area contributed by atoms with Crippen molar-refractivity contribution in [2.75, 3.05) is 44.7 Å². The van der Waals surface area contributed by atoms with E-state index in [1.807, 2.05) is 24.3 Å². The van der Waals surface area contributed by atoms with Gasteiger partial charge in [0.05, 0.1) is 32.3 Å². The number of rotatable bonds is 9. The van der Waals surface area contributed by atoms with Gasteiger partial charge >= 0.3 is 0 Å². The van der Waals surface area contributed by atoms with E-state index in [1.54, 1.807) is 18.2 Å². The van der Waals surface area contributed by atoms with Crippen LogP contribution in [-0.2, 0) is 0 Å². The van der Waals surface area contributed by atoms with Crippen molar-refractivity contribution in [3.05, 3.63) is 53.6 Å². The van der Waals surface area contributed by atoms with E-state index in [0.717, 1.165) is 30.1 Å². The summed E-state index contributed by atoms with van der Waals surface area (Å²) < 4.78 is 5.62. The minimum atomic E-state index is 0.266. The summed E-state index contributed by atoms with van der Waals surface area (Å²) in [5.74, 6) is 1.21. The summed E-state index contributed by atoms with van der Waals surface area (Å²) in [5, 5.41) is 10.5. The van der Waals surface area contributed by atoms with Crippen LogP contribution in [0.2, 0.25) is 0 Å². The molecule has 1 atom stereocenters. The highest BCUT2D eigenvalue weighted by atomic mass is 16.5. The number of likely N-dealkylation sites (tertiary alicyclic amines) is 1. The molecule has 1 saturated heterocycles. The summed E-state index contributed by atoms with van der Waals surface area (Å²) in [5.41, 5.74) is 3.01. The van der Waals surface area contributed by atoms with Gasteiger partial charge in [0, 0.05) is 49.5 Å². The molecule has 2 aromatic carbocycles. The van der Waals surface area contributed by atoms with E-state index >= 15 is 0 Å². The molecule has 1 fully saturated rings. The number of hydrogen-bond acceptors (Lipinski definition) is 4. The van der Waals surface area contributed by atoms with Gasteiger partial charge in [-0.3, -0.25) is 4.99 Å². The number of aliphatic imine (C=N–C) groups is 1. The highest BCUT2D eigenvalue weighted by Crippen LogP contribution is 2.25. The maximum absolute atomic E-state index is 10.5. The zero-order valence-electron chi connectivity index (χ0n) is 17.9. The van der Waals surface area contributed by atoms with E-state index in [4.69, 9.17) is 9.73 Å². The maximum atomic E-state index is 10.5. The number of methoxy groups -OCH3 is 1. The van der Waals surface area contributed by atoms with Crippen LogP contribution < -0.4 is 14.5 Å². The second-order valence-electron chi connectivity index (χ2n) is 7.57. The summed E-state index contributed by atoms with van der Waals surface area (Å²) in [6.07, 6.45) is 4.33. The van der Waals surface area contributed by atoms with Crippen LogP contribution in [0, 0.1) is 0 Å². The third-order valence-corrected chi connectivity index (χ3v) is 5.91. The van der Waals surface area contributed by atoms with Gasteiger partial charge in [-0.1, -0.05) is 12.1 Å². The minimum absolute atomic E-state index is 0.266. The van der Waals surface area contributed by atoms with Crippen molar-refractivity contribution in [2.24, 2.45) is 4.99 Å². The number of ether oxygens (including phenoxy) is 1. The van der Waals surface area contributed by atoms with Gasteiger partial charge in [0.15, 0.2) is 0 Å². The van der Waals surface area contributed by atoms with Crippen molar-refractivity contribution in [3.8, 4) is 11.5 Å². The molecule has 0 unspecified atom stereocenters. The lowest BCUT2D eigenvalue weighted by Gasteiger charge is -2.25. The van der Waals surface area contributed by atoms with Gasteiger partial charge in [-0.15, -0.1) is 0 Å². The molecular weight excluding hydrogens is 362 g/mol. The number of aromatic hydroxyl groups is 1. The van der Waals surface area contributed by atoms with Crippen molar-refractivity contribution in [1.29, 1.82) is 0 Å². The standard InChI is InChI=1S/C24H33N3O2/c1-4-26(5-2)20-13-12-19(23(28)16-20)17-25-18-22(27-14-8-9-15-27)21-10-6-7-11-24(21)29-3/h6-7,10-13,16-17,22,28H,4-5,8-9,14-15,18H2,1-3H3/p+1/t22-/m1/s1. The zero-order valence-corrected chi connectivity index (χ0v) is 17.9. The fraction of sp³-hybridized carbons (Fsp3) is 0.458.